The molecule has 1 aliphatic heterocycles. The van der Waals surface area contributed by atoms with Crippen molar-refractivity contribution < 1.29 is 22.8 Å². The Kier molecular flexibility index (Phi) is 6.65. The van der Waals surface area contributed by atoms with Crippen LogP contribution >= 0.6 is 0 Å². The lowest BCUT2D eigenvalue weighted by Gasteiger charge is -2.37. The van der Waals surface area contributed by atoms with Gasteiger partial charge in [-0.05, 0) is 47.5 Å². The predicted molar refractivity (Wildman–Crippen MR) is 120 cm³/mol. The van der Waals surface area contributed by atoms with Gasteiger partial charge in [-0.15, -0.1) is 0 Å². The molecule has 6 nitrogen and oxygen atoms in total. The van der Waals surface area contributed by atoms with Crippen LogP contribution in [-0.2, 0) is 22.6 Å². The molecule has 34 heavy (non-hydrogen) atoms. The van der Waals surface area contributed by atoms with E-state index in [0.29, 0.717) is 11.4 Å². The normalized spacial score (nSPS) is 16.2. The van der Waals surface area contributed by atoms with Gasteiger partial charge in [-0.3, -0.25) is 14.5 Å². The van der Waals surface area contributed by atoms with E-state index in [1.165, 1.54) is 29.0 Å². The van der Waals surface area contributed by atoms with Gasteiger partial charge in [0.2, 0.25) is 5.91 Å². The second kappa shape index (κ2) is 9.64. The van der Waals surface area contributed by atoms with Crippen molar-refractivity contribution in [3.63, 3.8) is 0 Å². The first kappa shape index (κ1) is 23.4. The fraction of sp³-hybridized carbons (Fsp3) is 0.240. The molecule has 9 heteroatoms. The third-order valence-electron chi connectivity index (χ3n) is 5.95. The molecule has 0 saturated heterocycles. The SMILES string of the molecule is CN(C(=O)C[C@H](N)c1cc(F)ccc1F)C1Cc2cccnc2N(Cc2ccc(F)cc2)C1=O. The first-order chi connectivity index (χ1) is 16.2. The quantitative estimate of drug-likeness (QED) is 0.601. The summed E-state index contributed by atoms with van der Waals surface area (Å²) in [6.45, 7) is 0.148. The summed E-state index contributed by atoms with van der Waals surface area (Å²) in [5.41, 5.74) is 7.36. The average molecular weight is 468 g/mol. The predicted octanol–water partition coefficient (Wildman–Crippen LogP) is 3.51. The first-order valence-corrected chi connectivity index (χ1v) is 10.7. The van der Waals surface area contributed by atoms with Gasteiger partial charge in [0.15, 0.2) is 0 Å². The van der Waals surface area contributed by atoms with Crippen molar-refractivity contribution in [3.8, 4) is 0 Å². The number of aromatic nitrogens is 1. The smallest absolute Gasteiger partial charge is 0.251 e. The lowest BCUT2D eigenvalue weighted by atomic mass is 9.97. The van der Waals surface area contributed by atoms with Gasteiger partial charge < -0.3 is 10.6 Å². The lowest BCUT2D eigenvalue weighted by Crippen LogP contribution is -2.53. The highest BCUT2D eigenvalue weighted by Gasteiger charge is 2.38. The van der Waals surface area contributed by atoms with E-state index < -0.39 is 29.6 Å². The number of pyridine rings is 1. The van der Waals surface area contributed by atoms with Crippen LogP contribution in [0.15, 0.2) is 60.8 Å². The Morgan fingerprint density at radius 1 is 1.15 bits per heavy atom. The van der Waals surface area contributed by atoms with Gasteiger partial charge in [0.25, 0.3) is 5.91 Å². The fourth-order valence-electron chi connectivity index (χ4n) is 4.05. The van der Waals surface area contributed by atoms with E-state index in [2.05, 4.69) is 4.98 Å². The summed E-state index contributed by atoms with van der Waals surface area (Å²) in [6.07, 6.45) is 1.51. The van der Waals surface area contributed by atoms with Gasteiger partial charge in [0, 0.05) is 37.7 Å². The topological polar surface area (TPSA) is 79.5 Å². The maximum absolute atomic E-state index is 14.1. The van der Waals surface area contributed by atoms with Crippen LogP contribution < -0.4 is 10.6 Å². The highest BCUT2D eigenvalue weighted by Crippen LogP contribution is 2.30. The number of rotatable bonds is 6. The molecule has 0 aliphatic carbocycles. The second-order valence-electron chi connectivity index (χ2n) is 8.24. The summed E-state index contributed by atoms with van der Waals surface area (Å²) in [5, 5.41) is 0. The summed E-state index contributed by atoms with van der Waals surface area (Å²) in [4.78, 5) is 33.5. The van der Waals surface area contributed by atoms with Crippen LogP contribution in [0.2, 0.25) is 0 Å². The number of likely N-dealkylation sites (N-methyl/N-ethyl adjacent to an activating group) is 1. The molecule has 0 fully saturated rings. The Bertz CT molecular complexity index is 1220. The molecule has 1 aromatic heterocycles. The van der Waals surface area contributed by atoms with Crippen LogP contribution in [0.3, 0.4) is 0 Å². The molecule has 176 valence electrons. The van der Waals surface area contributed by atoms with E-state index in [1.54, 1.807) is 24.4 Å². The first-order valence-electron chi connectivity index (χ1n) is 10.7. The van der Waals surface area contributed by atoms with E-state index in [1.807, 2.05) is 6.07 Å². The van der Waals surface area contributed by atoms with E-state index in [9.17, 15) is 22.8 Å². The van der Waals surface area contributed by atoms with E-state index in [4.69, 9.17) is 5.73 Å². The molecule has 4 rings (SSSR count). The number of fused-ring (bicyclic) bond motifs is 1. The lowest BCUT2D eigenvalue weighted by molar-refractivity contribution is -0.138. The molecule has 0 spiro atoms. The van der Waals surface area contributed by atoms with Crippen molar-refractivity contribution >= 4 is 17.6 Å². The molecule has 0 radical (unpaired) electrons. The van der Waals surface area contributed by atoms with Crippen LogP contribution in [0.1, 0.15) is 29.2 Å². The Morgan fingerprint density at radius 3 is 2.59 bits per heavy atom. The Morgan fingerprint density at radius 2 is 1.85 bits per heavy atom. The van der Waals surface area contributed by atoms with Gasteiger partial charge in [0.05, 0.1) is 6.54 Å². The minimum Gasteiger partial charge on any atom is -0.333 e. The number of hydrogen-bond acceptors (Lipinski definition) is 4. The highest BCUT2D eigenvalue weighted by molar-refractivity contribution is 6.01. The fourth-order valence-corrected chi connectivity index (χ4v) is 4.05. The van der Waals surface area contributed by atoms with Crippen molar-refractivity contribution in [2.24, 2.45) is 5.73 Å². The van der Waals surface area contributed by atoms with Crippen LogP contribution in [0.25, 0.3) is 0 Å². The molecule has 1 aliphatic rings. The second-order valence-corrected chi connectivity index (χ2v) is 8.24. The Hall–Kier alpha value is -3.72. The summed E-state index contributed by atoms with van der Waals surface area (Å²) in [6, 6.07) is 10.3. The molecule has 3 aromatic rings. The molecule has 2 amide bonds. The van der Waals surface area contributed by atoms with Gasteiger partial charge in [-0.1, -0.05) is 18.2 Å². The Balaban J connectivity index is 1.55. The number of anilines is 1. The van der Waals surface area contributed by atoms with E-state index in [-0.39, 0.29) is 36.7 Å². The van der Waals surface area contributed by atoms with Crippen molar-refractivity contribution in [2.75, 3.05) is 11.9 Å². The zero-order chi connectivity index (χ0) is 24.4. The molecule has 2 aromatic carbocycles. The standard InChI is InChI=1S/C25H23F3N4O2/c1-31(23(33)13-21(29)19-12-18(27)8-9-20(19)28)22-11-16-3-2-10-30-24(16)32(25(22)34)14-15-4-6-17(26)7-5-15/h2-10,12,21-22H,11,13-14,29H2,1H3/t21-,22?/m0/s1. The van der Waals surface area contributed by atoms with Gasteiger partial charge in [-0.2, -0.15) is 0 Å². The third kappa shape index (κ3) is 4.79. The largest absolute Gasteiger partial charge is 0.333 e. The summed E-state index contributed by atoms with van der Waals surface area (Å²) >= 11 is 0. The van der Waals surface area contributed by atoms with E-state index >= 15 is 0 Å². The van der Waals surface area contributed by atoms with Crippen LogP contribution in [0.5, 0.6) is 0 Å². The number of nitrogens with zero attached hydrogens (tertiary/aromatic N) is 3. The van der Waals surface area contributed by atoms with Gasteiger partial charge in [-0.25, -0.2) is 18.2 Å². The van der Waals surface area contributed by atoms with Crippen molar-refractivity contribution in [1.82, 2.24) is 9.88 Å². The molecule has 2 N–H and O–H groups in total. The molecule has 0 bridgehead atoms. The van der Waals surface area contributed by atoms with Crippen LogP contribution in [0, 0.1) is 17.5 Å². The number of carbonyl (C=O) groups excluding carboxylic acids is 2. The molecule has 2 heterocycles. The number of hydrogen-bond donors (Lipinski definition) is 1. The highest BCUT2D eigenvalue weighted by atomic mass is 19.1. The molecule has 1 unspecified atom stereocenters. The third-order valence-corrected chi connectivity index (χ3v) is 5.95. The molecular weight excluding hydrogens is 445 g/mol. The molecule has 0 saturated carbocycles. The average Bonchev–Trinajstić information content (AvgIpc) is 2.83. The Labute approximate surface area is 194 Å². The van der Waals surface area contributed by atoms with Gasteiger partial charge in [0.1, 0.15) is 29.3 Å². The minimum atomic E-state index is -1.08. The molecule has 2 atom stereocenters. The van der Waals surface area contributed by atoms with Crippen molar-refractivity contribution in [1.29, 1.82) is 0 Å². The van der Waals surface area contributed by atoms with Crippen LogP contribution in [-0.4, -0.2) is 34.8 Å². The number of carbonyl (C=O) groups is 2. The van der Waals surface area contributed by atoms with Gasteiger partial charge >= 0.3 is 0 Å². The summed E-state index contributed by atoms with van der Waals surface area (Å²) in [5.74, 6) is -2.10. The maximum atomic E-state index is 14.1. The molecular formula is C25H23F3N4O2. The van der Waals surface area contributed by atoms with E-state index in [0.717, 1.165) is 23.8 Å². The zero-order valence-electron chi connectivity index (χ0n) is 18.4. The number of benzene rings is 2. The zero-order valence-corrected chi connectivity index (χ0v) is 18.4. The van der Waals surface area contributed by atoms with Crippen molar-refractivity contribution in [3.05, 3.63) is 94.9 Å². The summed E-state index contributed by atoms with van der Waals surface area (Å²) < 4.78 is 40.9. The monoisotopic (exact) mass is 468 g/mol. The number of amides is 2. The summed E-state index contributed by atoms with van der Waals surface area (Å²) in [7, 11) is 1.48. The minimum absolute atomic E-state index is 0.107. The number of nitrogens with two attached hydrogens (primary N) is 1. The number of halogens is 3. The van der Waals surface area contributed by atoms with Crippen LogP contribution in [0.4, 0.5) is 19.0 Å². The maximum Gasteiger partial charge on any atom is 0.251 e. The van der Waals surface area contributed by atoms with Crippen molar-refractivity contribution in [2.45, 2.75) is 31.5 Å².